The van der Waals surface area contributed by atoms with Crippen LogP contribution in [0.15, 0.2) is 0 Å². The Bertz CT molecular complexity index is 100. The van der Waals surface area contributed by atoms with Crippen LogP contribution < -0.4 is 5.32 Å². The van der Waals surface area contributed by atoms with Gasteiger partial charge in [0.05, 0.1) is 6.17 Å². The largest absolute Gasteiger partial charge is 0.761 e. The summed E-state index contributed by atoms with van der Waals surface area (Å²) in [6.45, 7) is 0.0417. The van der Waals surface area contributed by atoms with Crippen molar-refractivity contribution < 1.29 is 4.94 Å². The van der Waals surface area contributed by atoms with Gasteiger partial charge < -0.3 is 15.7 Å². The molecule has 1 unspecified atom stereocenters. The van der Waals surface area contributed by atoms with Crippen LogP contribution in [0.25, 0.3) is 0 Å². The van der Waals surface area contributed by atoms with E-state index in [1.54, 1.807) is 7.05 Å². The zero-order valence-corrected chi connectivity index (χ0v) is 4.90. The predicted molar refractivity (Wildman–Crippen MR) is 29.2 cm³/mol. The number of nitrogens with zero attached hydrogens (tertiary/aromatic N) is 2. The highest BCUT2D eigenvalue weighted by Gasteiger charge is 2.17. The highest BCUT2D eigenvalue weighted by Crippen LogP contribution is 2.07. The fourth-order valence-corrected chi connectivity index (χ4v) is 0.585. The Morgan fingerprint density at radius 3 is 2.56 bits per heavy atom. The molecule has 0 radical (unpaired) electrons. The van der Waals surface area contributed by atoms with Crippen LogP contribution in [0.3, 0.4) is 0 Å². The van der Waals surface area contributed by atoms with Crippen molar-refractivity contribution in [2.24, 2.45) is 0 Å². The van der Waals surface area contributed by atoms with Crippen molar-refractivity contribution in [3.05, 3.63) is 10.4 Å². The predicted octanol–water partition coefficient (Wildman–Crippen LogP) is -1.01. The molecule has 0 aliphatic carbocycles. The maximum Gasteiger partial charge on any atom is 0.0867 e. The summed E-state index contributed by atoms with van der Waals surface area (Å²) < 4.78 is 0. The molecule has 0 amide bonds. The first-order chi connectivity index (χ1) is 4.24. The minimum atomic E-state index is -0.539. The van der Waals surface area contributed by atoms with Crippen molar-refractivity contribution in [1.29, 1.82) is 0 Å². The van der Waals surface area contributed by atoms with E-state index in [4.69, 9.17) is 0 Å². The quantitative estimate of drug-likeness (QED) is 0.494. The number of hydroxylamine groups is 4. The van der Waals surface area contributed by atoms with Gasteiger partial charge in [0, 0.05) is 6.54 Å². The van der Waals surface area contributed by atoms with E-state index in [-0.39, 0.29) is 17.0 Å². The first kappa shape index (κ1) is 6.87. The van der Waals surface area contributed by atoms with Crippen molar-refractivity contribution >= 4 is 0 Å². The topological polar surface area (TPSA) is 73.9 Å². The molecule has 9 heavy (non-hydrogen) atoms. The lowest BCUT2D eigenvalue weighted by Gasteiger charge is -2.26. The van der Waals surface area contributed by atoms with Gasteiger partial charge in [-0.1, -0.05) is 0 Å². The Morgan fingerprint density at radius 1 is 1.67 bits per heavy atom. The Hall–Kier alpha value is -0.240. The lowest BCUT2D eigenvalue weighted by molar-refractivity contribution is -0.230. The van der Waals surface area contributed by atoms with Gasteiger partial charge in [0.25, 0.3) is 0 Å². The highest BCUT2D eigenvalue weighted by atomic mass is 17.1. The number of hydrogen-bond donors (Lipinski definition) is 1. The van der Waals surface area contributed by atoms with Crippen LogP contribution in [0.4, 0.5) is 0 Å². The van der Waals surface area contributed by atoms with Gasteiger partial charge in [-0.25, -0.2) is 15.4 Å². The number of hydrogen-bond acceptors (Lipinski definition) is 6. The van der Waals surface area contributed by atoms with Gasteiger partial charge in [-0.3, -0.25) is 0 Å². The smallest absolute Gasteiger partial charge is 0.0867 e. The molecule has 0 bridgehead atoms. The van der Waals surface area contributed by atoms with E-state index in [1.807, 2.05) is 0 Å². The van der Waals surface area contributed by atoms with E-state index >= 15 is 0 Å². The summed E-state index contributed by atoms with van der Waals surface area (Å²) in [6.07, 6.45) is -0.539. The van der Waals surface area contributed by atoms with Crippen molar-refractivity contribution in [3.63, 3.8) is 0 Å². The Balaban J connectivity index is 2.38. The molecule has 1 N–H and O–H groups in total. The van der Waals surface area contributed by atoms with Gasteiger partial charge in [0.1, 0.15) is 0 Å². The van der Waals surface area contributed by atoms with Crippen LogP contribution in [0.1, 0.15) is 0 Å². The minimum absolute atomic E-state index is 0.0417. The summed E-state index contributed by atoms with van der Waals surface area (Å²) in [5, 5.41) is 23.7. The number of likely N-dealkylation sites (N-methyl/N-ethyl adjacent to an activating group) is 1. The molecule has 0 aromatic heterocycles. The summed E-state index contributed by atoms with van der Waals surface area (Å²) in [4.78, 5) is 4.06. The van der Waals surface area contributed by atoms with E-state index in [0.29, 0.717) is 0 Å². The lowest BCUT2D eigenvalue weighted by atomic mass is 10.5. The molecule has 0 spiro atoms. The third-order valence-corrected chi connectivity index (χ3v) is 1.08. The van der Waals surface area contributed by atoms with Crippen LogP contribution in [-0.2, 0) is 4.94 Å². The third-order valence-electron chi connectivity index (χ3n) is 1.08. The molecule has 54 valence electrons. The molecule has 1 saturated heterocycles. The zero-order valence-electron chi connectivity index (χ0n) is 4.90. The molecular weight excluding hydrogens is 126 g/mol. The molecule has 0 aromatic rings. The molecule has 1 fully saturated rings. The summed E-state index contributed by atoms with van der Waals surface area (Å²) in [7, 11) is 1.58. The third kappa shape index (κ3) is 1.36. The van der Waals surface area contributed by atoms with Crippen LogP contribution in [-0.4, -0.2) is 30.2 Å². The van der Waals surface area contributed by atoms with Gasteiger partial charge in [0.2, 0.25) is 0 Å². The van der Waals surface area contributed by atoms with Gasteiger partial charge in [-0.2, -0.15) is 0 Å². The summed E-state index contributed by atoms with van der Waals surface area (Å²) in [5.74, 6) is 0. The monoisotopic (exact) mass is 133 g/mol. The summed E-state index contributed by atoms with van der Waals surface area (Å²) in [6, 6.07) is 0. The van der Waals surface area contributed by atoms with Crippen molar-refractivity contribution in [2.75, 3.05) is 13.6 Å². The van der Waals surface area contributed by atoms with Crippen molar-refractivity contribution in [2.45, 2.75) is 6.17 Å². The Morgan fingerprint density at radius 2 is 2.33 bits per heavy atom. The second kappa shape index (κ2) is 2.56. The average Bonchev–Trinajstić information content (AvgIpc) is 2.10. The number of rotatable bonds is 1. The number of nitrogens with one attached hydrogen (secondary N) is 1. The maximum absolute atomic E-state index is 10.4. The fourth-order valence-electron chi connectivity index (χ4n) is 0.585. The lowest BCUT2D eigenvalue weighted by Crippen LogP contribution is -2.36. The second-order valence-corrected chi connectivity index (χ2v) is 1.69. The standard InChI is InChI=1S/C3H7N3O3/c1-4-3-2-5(7)9-6(3)8/h3-4H,2H2,1H3/q-2. The van der Waals surface area contributed by atoms with Gasteiger partial charge >= 0.3 is 0 Å². The van der Waals surface area contributed by atoms with E-state index in [9.17, 15) is 10.4 Å². The molecule has 1 heterocycles. The van der Waals surface area contributed by atoms with Gasteiger partial charge in [0.15, 0.2) is 0 Å². The Kier molecular flexibility index (Phi) is 1.96. The van der Waals surface area contributed by atoms with Crippen molar-refractivity contribution in [3.8, 4) is 0 Å². The van der Waals surface area contributed by atoms with Crippen LogP contribution in [0.5, 0.6) is 0 Å². The van der Waals surface area contributed by atoms with Gasteiger partial charge in [-0.15, -0.1) is 0 Å². The fraction of sp³-hybridized carbons (Fsp3) is 1.00. The Labute approximate surface area is 52.1 Å². The normalized spacial score (nSPS) is 31.7. The first-order valence-electron chi connectivity index (χ1n) is 2.50. The molecule has 1 atom stereocenters. The first-order valence-corrected chi connectivity index (χ1v) is 2.50. The average molecular weight is 133 g/mol. The van der Waals surface area contributed by atoms with Crippen LogP contribution in [0, 0.1) is 10.4 Å². The SMILES string of the molecule is CNC1CN([O-])ON1[O-]. The zero-order chi connectivity index (χ0) is 6.85. The minimum Gasteiger partial charge on any atom is -0.761 e. The van der Waals surface area contributed by atoms with E-state index in [2.05, 4.69) is 10.3 Å². The van der Waals surface area contributed by atoms with Crippen LogP contribution >= 0.6 is 0 Å². The van der Waals surface area contributed by atoms with Crippen LogP contribution in [0.2, 0.25) is 0 Å². The maximum atomic E-state index is 10.4. The second-order valence-electron chi connectivity index (χ2n) is 1.69. The van der Waals surface area contributed by atoms with E-state index in [0.717, 1.165) is 0 Å². The molecule has 0 aromatic carbocycles. The molecule has 1 rings (SSSR count). The molecule has 6 heteroatoms. The molecule has 1 aliphatic heterocycles. The molecule has 0 saturated carbocycles. The van der Waals surface area contributed by atoms with E-state index < -0.39 is 6.17 Å². The molecule has 1 aliphatic rings. The highest BCUT2D eigenvalue weighted by molar-refractivity contribution is 4.68. The molecular formula is C3H7N3O3-2. The van der Waals surface area contributed by atoms with Gasteiger partial charge in [-0.05, 0) is 7.05 Å². The van der Waals surface area contributed by atoms with E-state index in [1.165, 1.54) is 0 Å². The molecule has 6 nitrogen and oxygen atoms in total. The van der Waals surface area contributed by atoms with Crippen molar-refractivity contribution in [1.82, 2.24) is 15.8 Å². The summed E-state index contributed by atoms with van der Waals surface area (Å²) in [5.41, 5.74) is 0. The summed E-state index contributed by atoms with van der Waals surface area (Å²) >= 11 is 0.